The van der Waals surface area contributed by atoms with Crippen LogP contribution in [0.3, 0.4) is 0 Å². The zero-order chi connectivity index (χ0) is 8.91. The smallest absolute Gasteiger partial charge is 0.0532 e. The van der Waals surface area contributed by atoms with E-state index in [1.165, 1.54) is 0 Å². The van der Waals surface area contributed by atoms with Gasteiger partial charge in [-0.2, -0.15) is 0 Å². The van der Waals surface area contributed by atoms with E-state index in [2.05, 4.69) is 0 Å². The zero-order valence-corrected chi connectivity index (χ0v) is 6.40. The minimum absolute atomic E-state index is 0.205. The predicted molar refractivity (Wildman–Crippen MR) is 40.5 cm³/mol. The molecule has 0 aliphatic rings. The highest BCUT2D eigenvalue weighted by atomic mass is 16.3. The molecule has 0 atom stereocenters. The number of hydrogen-bond acceptors (Lipinski definition) is 5. The summed E-state index contributed by atoms with van der Waals surface area (Å²) in [5.74, 6) is 0. The molecule has 11 heavy (non-hydrogen) atoms. The first-order valence-corrected chi connectivity index (χ1v) is 3.44. The molecule has 0 rings (SSSR count). The van der Waals surface area contributed by atoms with E-state index in [4.69, 9.17) is 26.8 Å². The van der Waals surface area contributed by atoms with Crippen molar-refractivity contribution in [2.75, 3.05) is 19.8 Å². The minimum Gasteiger partial charge on any atom is -0.396 e. The molecule has 0 aliphatic heterocycles. The molecule has 0 saturated heterocycles. The molecule has 0 aliphatic carbocycles. The molecule has 0 spiro atoms. The fraction of sp³-hybridized carbons (Fsp3) is 1.00. The van der Waals surface area contributed by atoms with Gasteiger partial charge in [0.2, 0.25) is 0 Å². The highest BCUT2D eigenvalue weighted by molar-refractivity contribution is 4.79. The molecule has 5 nitrogen and oxygen atoms in total. The molecule has 0 saturated carbocycles. The third-order valence-electron chi connectivity index (χ3n) is 1.67. The lowest BCUT2D eigenvalue weighted by Crippen LogP contribution is -2.43. The topological polar surface area (TPSA) is 113 Å². The second-order valence-electron chi connectivity index (χ2n) is 2.84. The van der Waals surface area contributed by atoms with E-state index in [-0.39, 0.29) is 26.2 Å². The molecule has 0 aromatic carbocycles. The maximum Gasteiger partial charge on any atom is 0.0532 e. The van der Waals surface area contributed by atoms with Crippen LogP contribution >= 0.6 is 0 Å². The van der Waals surface area contributed by atoms with Gasteiger partial charge in [-0.05, 0) is 6.42 Å². The molecular formula is C6H16N2O3. The summed E-state index contributed by atoms with van der Waals surface area (Å²) in [6, 6.07) is 0. The summed E-state index contributed by atoms with van der Waals surface area (Å²) in [6.45, 7) is -0.944. The number of rotatable bonds is 5. The van der Waals surface area contributed by atoms with Crippen LogP contribution < -0.4 is 11.5 Å². The molecule has 68 valence electrons. The molecule has 5 heteroatoms. The lowest BCUT2D eigenvalue weighted by atomic mass is 9.86. The molecular weight excluding hydrogens is 148 g/mol. The maximum atomic E-state index is 8.79. The minimum atomic E-state index is -0.936. The van der Waals surface area contributed by atoms with Crippen molar-refractivity contribution in [3.05, 3.63) is 0 Å². The highest BCUT2D eigenvalue weighted by Crippen LogP contribution is 2.19. The van der Waals surface area contributed by atoms with Crippen molar-refractivity contribution in [2.45, 2.75) is 12.6 Å². The molecule has 0 heterocycles. The van der Waals surface area contributed by atoms with Gasteiger partial charge in [0, 0.05) is 5.41 Å². The molecule has 7 N–H and O–H groups in total. The van der Waals surface area contributed by atoms with Crippen LogP contribution in [-0.2, 0) is 0 Å². The normalized spacial score (nSPS) is 12.5. The number of aliphatic hydroxyl groups is 3. The molecule has 0 fully saturated rings. The van der Waals surface area contributed by atoms with E-state index < -0.39 is 11.6 Å². The summed E-state index contributed by atoms with van der Waals surface area (Å²) < 4.78 is 0. The first-order valence-electron chi connectivity index (χ1n) is 3.44. The first-order chi connectivity index (χ1) is 5.10. The highest BCUT2D eigenvalue weighted by Gasteiger charge is 2.29. The Morgan fingerprint density at radius 1 is 1.00 bits per heavy atom. The van der Waals surface area contributed by atoms with Crippen LogP contribution in [0.4, 0.5) is 0 Å². The summed E-state index contributed by atoms with van der Waals surface area (Å²) in [4.78, 5) is 0. The third-order valence-corrected chi connectivity index (χ3v) is 1.67. The van der Waals surface area contributed by atoms with Crippen LogP contribution in [0, 0.1) is 5.41 Å². The SMILES string of the molecule is NC(N)CC(CO)(CO)CO. The second-order valence-corrected chi connectivity index (χ2v) is 2.84. The van der Waals surface area contributed by atoms with E-state index in [9.17, 15) is 0 Å². The Morgan fingerprint density at radius 3 is 1.45 bits per heavy atom. The Hall–Kier alpha value is -0.200. The van der Waals surface area contributed by atoms with E-state index in [1.54, 1.807) is 0 Å². The van der Waals surface area contributed by atoms with Gasteiger partial charge in [-0.25, -0.2) is 0 Å². The number of hydrogen-bond donors (Lipinski definition) is 5. The van der Waals surface area contributed by atoms with Gasteiger partial charge >= 0.3 is 0 Å². The van der Waals surface area contributed by atoms with Crippen molar-refractivity contribution in [1.82, 2.24) is 0 Å². The Kier molecular flexibility index (Phi) is 4.55. The Labute approximate surface area is 65.6 Å². The molecule has 0 amide bonds. The summed E-state index contributed by atoms with van der Waals surface area (Å²) in [7, 11) is 0. The summed E-state index contributed by atoms with van der Waals surface area (Å²) in [5, 5.41) is 26.4. The van der Waals surface area contributed by atoms with Gasteiger partial charge in [-0.1, -0.05) is 0 Å². The fourth-order valence-electron chi connectivity index (χ4n) is 0.844. The Balaban J connectivity index is 4.05. The molecule has 0 bridgehead atoms. The average molecular weight is 164 g/mol. The van der Waals surface area contributed by atoms with Crippen molar-refractivity contribution < 1.29 is 15.3 Å². The molecule has 0 radical (unpaired) electrons. The first kappa shape index (κ1) is 10.8. The summed E-state index contributed by atoms with van der Waals surface area (Å²) >= 11 is 0. The van der Waals surface area contributed by atoms with Gasteiger partial charge in [0.1, 0.15) is 0 Å². The lowest BCUT2D eigenvalue weighted by molar-refractivity contribution is -0.00476. The van der Waals surface area contributed by atoms with Crippen LogP contribution in [0.2, 0.25) is 0 Å². The Morgan fingerprint density at radius 2 is 1.36 bits per heavy atom. The predicted octanol–water partition coefficient (Wildman–Crippen LogP) is -2.42. The van der Waals surface area contributed by atoms with Crippen LogP contribution in [0.1, 0.15) is 6.42 Å². The van der Waals surface area contributed by atoms with Crippen LogP contribution in [0.15, 0.2) is 0 Å². The number of nitrogens with two attached hydrogens (primary N) is 2. The van der Waals surface area contributed by atoms with Gasteiger partial charge < -0.3 is 26.8 Å². The van der Waals surface area contributed by atoms with Gasteiger partial charge in [0.05, 0.1) is 26.0 Å². The summed E-state index contributed by atoms with van der Waals surface area (Å²) in [5.41, 5.74) is 9.56. The fourth-order valence-corrected chi connectivity index (χ4v) is 0.844. The van der Waals surface area contributed by atoms with Gasteiger partial charge in [-0.15, -0.1) is 0 Å². The average Bonchev–Trinajstić information content (AvgIpc) is 2.00. The van der Waals surface area contributed by atoms with Crippen molar-refractivity contribution in [3.63, 3.8) is 0 Å². The largest absolute Gasteiger partial charge is 0.396 e. The van der Waals surface area contributed by atoms with Crippen molar-refractivity contribution in [2.24, 2.45) is 16.9 Å². The van der Waals surface area contributed by atoms with Crippen molar-refractivity contribution in [3.8, 4) is 0 Å². The standard InChI is InChI=1S/C6H16N2O3/c7-5(8)1-6(2-9,3-10)4-11/h5,9-11H,1-4,7-8H2. The van der Waals surface area contributed by atoms with Crippen LogP contribution in [0.5, 0.6) is 0 Å². The van der Waals surface area contributed by atoms with E-state index in [1.807, 2.05) is 0 Å². The van der Waals surface area contributed by atoms with E-state index in [0.29, 0.717) is 0 Å². The number of aliphatic hydroxyl groups excluding tert-OH is 3. The van der Waals surface area contributed by atoms with Gasteiger partial charge in [-0.3, -0.25) is 0 Å². The van der Waals surface area contributed by atoms with Crippen molar-refractivity contribution >= 4 is 0 Å². The molecule has 0 unspecified atom stereocenters. The monoisotopic (exact) mass is 164 g/mol. The van der Waals surface area contributed by atoms with E-state index in [0.717, 1.165) is 0 Å². The maximum absolute atomic E-state index is 8.79. The lowest BCUT2D eigenvalue weighted by Gasteiger charge is -2.28. The quantitative estimate of drug-likeness (QED) is 0.290. The molecule has 0 aromatic heterocycles. The van der Waals surface area contributed by atoms with Gasteiger partial charge in [0.25, 0.3) is 0 Å². The summed E-state index contributed by atoms with van der Waals surface area (Å²) in [6.07, 6.45) is -0.419. The van der Waals surface area contributed by atoms with E-state index >= 15 is 0 Å². The Bertz CT molecular complexity index is 95.7. The van der Waals surface area contributed by atoms with Gasteiger partial charge in [0.15, 0.2) is 0 Å². The molecule has 0 aromatic rings. The van der Waals surface area contributed by atoms with Crippen LogP contribution in [0.25, 0.3) is 0 Å². The van der Waals surface area contributed by atoms with Crippen molar-refractivity contribution in [1.29, 1.82) is 0 Å². The zero-order valence-electron chi connectivity index (χ0n) is 6.40. The van der Waals surface area contributed by atoms with Crippen LogP contribution in [-0.4, -0.2) is 41.3 Å². The second kappa shape index (κ2) is 4.63. The third kappa shape index (κ3) is 3.13.